The van der Waals surface area contributed by atoms with Crippen molar-refractivity contribution < 1.29 is 4.79 Å². The molecule has 0 radical (unpaired) electrons. The second-order valence-corrected chi connectivity index (χ2v) is 6.21. The van der Waals surface area contributed by atoms with Crippen LogP contribution in [0.3, 0.4) is 0 Å². The van der Waals surface area contributed by atoms with Crippen LogP contribution in [0.1, 0.15) is 31.7 Å². The maximum Gasteiger partial charge on any atom is 0.229 e. The Kier molecular flexibility index (Phi) is 7.00. The zero-order chi connectivity index (χ0) is 16.5. The zero-order valence-corrected chi connectivity index (χ0v) is 14.8. The molecule has 5 nitrogen and oxygen atoms in total. The van der Waals surface area contributed by atoms with E-state index in [2.05, 4.69) is 43.7 Å². The summed E-state index contributed by atoms with van der Waals surface area (Å²) in [7, 11) is 0. The summed E-state index contributed by atoms with van der Waals surface area (Å²) in [6.45, 7) is 3.06. The quantitative estimate of drug-likeness (QED) is 0.682. The smallest absolute Gasteiger partial charge is 0.229 e. The van der Waals surface area contributed by atoms with Crippen molar-refractivity contribution in [2.75, 3.05) is 17.2 Å². The third-order valence-electron chi connectivity index (χ3n) is 3.27. The Morgan fingerprint density at radius 3 is 2.61 bits per heavy atom. The minimum atomic E-state index is -0.110. The molecule has 1 aromatic carbocycles. The van der Waals surface area contributed by atoms with Crippen LogP contribution in [0.4, 0.5) is 11.6 Å². The van der Waals surface area contributed by atoms with Gasteiger partial charge in [0.15, 0.2) is 5.82 Å². The van der Waals surface area contributed by atoms with Gasteiger partial charge in [0.1, 0.15) is 5.82 Å². The molecule has 0 aliphatic carbocycles. The fourth-order valence-electron chi connectivity index (χ4n) is 2.10. The molecule has 0 saturated carbocycles. The number of nitrogens with zero attached hydrogens (tertiary/aromatic N) is 2. The highest BCUT2D eigenvalue weighted by Gasteiger charge is 2.06. The second-order valence-electron chi connectivity index (χ2n) is 5.29. The molecule has 0 bridgehead atoms. The molecule has 2 N–H and O–H groups in total. The number of carbonyl (C=O) groups excluding carboxylic acids is 1. The Labute approximate surface area is 145 Å². The van der Waals surface area contributed by atoms with Gasteiger partial charge in [-0.25, -0.2) is 0 Å². The monoisotopic (exact) mass is 376 g/mol. The maximum atomic E-state index is 12.0. The lowest BCUT2D eigenvalue weighted by Crippen LogP contribution is -2.16. The van der Waals surface area contributed by atoms with Crippen LogP contribution in [-0.4, -0.2) is 22.6 Å². The van der Waals surface area contributed by atoms with Crippen LogP contribution in [0.25, 0.3) is 0 Å². The van der Waals surface area contributed by atoms with Gasteiger partial charge in [-0.3, -0.25) is 4.79 Å². The number of anilines is 2. The Balaban J connectivity index is 1.81. The molecule has 0 fully saturated rings. The van der Waals surface area contributed by atoms with Gasteiger partial charge in [0.2, 0.25) is 5.91 Å². The molecule has 0 atom stereocenters. The van der Waals surface area contributed by atoms with E-state index in [1.54, 1.807) is 6.07 Å². The van der Waals surface area contributed by atoms with Gasteiger partial charge in [-0.1, -0.05) is 47.8 Å². The fraction of sp³-hybridized carbons (Fsp3) is 0.353. The van der Waals surface area contributed by atoms with Gasteiger partial charge in [0.05, 0.1) is 6.42 Å². The maximum absolute atomic E-state index is 12.0. The first-order valence-corrected chi connectivity index (χ1v) is 8.58. The summed E-state index contributed by atoms with van der Waals surface area (Å²) in [6, 6.07) is 11.3. The van der Waals surface area contributed by atoms with Crippen LogP contribution < -0.4 is 10.6 Å². The van der Waals surface area contributed by atoms with Crippen LogP contribution in [0.5, 0.6) is 0 Å². The molecular formula is C17H21BrN4O. The lowest BCUT2D eigenvalue weighted by Gasteiger charge is -2.07. The molecule has 0 saturated heterocycles. The average molecular weight is 377 g/mol. The predicted molar refractivity (Wildman–Crippen MR) is 96.5 cm³/mol. The number of halogens is 1. The van der Waals surface area contributed by atoms with Crippen molar-refractivity contribution in [3.05, 3.63) is 46.4 Å². The number of amides is 1. The Hall–Kier alpha value is -1.95. The third kappa shape index (κ3) is 6.36. The number of nitrogens with one attached hydrogen (secondary N) is 2. The van der Waals surface area contributed by atoms with Crippen molar-refractivity contribution in [1.82, 2.24) is 10.2 Å². The van der Waals surface area contributed by atoms with Crippen LogP contribution in [0, 0.1) is 0 Å². The molecule has 6 heteroatoms. The van der Waals surface area contributed by atoms with Gasteiger partial charge in [-0.05, 0) is 36.2 Å². The van der Waals surface area contributed by atoms with Crippen LogP contribution in [-0.2, 0) is 11.2 Å². The van der Waals surface area contributed by atoms with Crippen molar-refractivity contribution in [2.24, 2.45) is 0 Å². The Morgan fingerprint density at radius 1 is 1.13 bits per heavy atom. The number of aromatic nitrogens is 2. The fourth-order valence-corrected chi connectivity index (χ4v) is 2.55. The van der Waals surface area contributed by atoms with Crippen molar-refractivity contribution >= 4 is 33.5 Å². The van der Waals surface area contributed by atoms with E-state index in [4.69, 9.17) is 0 Å². The van der Waals surface area contributed by atoms with Gasteiger partial charge < -0.3 is 10.6 Å². The van der Waals surface area contributed by atoms with E-state index in [0.717, 1.165) is 28.8 Å². The minimum Gasteiger partial charge on any atom is -0.369 e. The average Bonchev–Trinajstić information content (AvgIpc) is 2.53. The highest BCUT2D eigenvalue weighted by molar-refractivity contribution is 9.10. The largest absolute Gasteiger partial charge is 0.369 e. The molecule has 1 heterocycles. The standard InChI is InChI=1S/C17H21BrN4O/c1-2-3-4-10-19-15-8-9-16(22-21-15)20-17(23)12-13-6-5-7-14(18)11-13/h5-9,11H,2-4,10,12H2,1H3,(H,19,21)(H,20,22,23). The van der Waals surface area contributed by atoms with Crippen molar-refractivity contribution in [3.8, 4) is 0 Å². The Bertz CT molecular complexity index is 631. The van der Waals surface area contributed by atoms with Crippen molar-refractivity contribution in [3.63, 3.8) is 0 Å². The van der Waals surface area contributed by atoms with Crippen molar-refractivity contribution in [1.29, 1.82) is 0 Å². The van der Waals surface area contributed by atoms with Gasteiger partial charge >= 0.3 is 0 Å². The molecule has 122 valence electrons. The number of hydrogen-bond donors (Lipinski definition) is 2. The summed E-state index contributed by atoms with van der Waals surface area (Å²) < 4.78 is 0.959. The zero-order valence-electron chi connectivity index (χ0n) is 13.2. The molecule has 0 aliphatic heterocycles. The lowest BCUT2D eigenvalue weighted by atomic mass is 10.1. The molecule has 23 heavy (non-hydrogen) atoms. The van der Waals surface area contributed by atoms with Gasteiger partial charge in [-0.2, -0.15) is 0 Å². The summed E-state index contributed by atoms with van der Waals surface area (Å²) in [5, 5.41) is 14.1. The first kappa shape index (κ1) is 17.4. The van der Waals surface area contributed by atoms with E-state index in [0.29, 0.717) is 12.2 Å². The molecule has 0 unspecified atom stereocenters. The molecule has 2 rings (SSSR count). The van der Waals surface area contributed by atoms with Gasteiger partial charge in [0.25, 0.3) is 0 Å². The molecule has 1 amide bonds. The van der Waals surface area contributed by atoms with E-state index in [1.165, 1.54) is 12.8 Å². The number of benzene rings is 1. The first-order valence-electron chi connectivity index (χ1n) is 7.79. The first-order chi connectivity index (χ1) is 11.2. The van der Waals surface area contributed by atoms with E-state index < -0.39 is 0 Å². The molecule has 0 aliphatic rings. The SMILES string of the molecule is CCCCCNc1ccc(NC(=O)Cc2cccc(Br)c2)nn1. The number of rotatable bonds is 8. The van der Waals surface area contributed by atoms with Gasteiger partial charge in [-0.15, -0.1) is 10.2 Å². The van der Waals surface area contributed by atoms with Gasteiger partial charge in [0, 0.05) is 11.0 Å². The topological polar surface area (TPSA) is 66.9 Å². The number of unbranched alkanes of at least 4 members (excludes halogenated alkanes) is 2. The van der Waals surface area contributed by atoms with E-state index in [9.17, 15) is 4.79 Å². The van der Waals surface area contributed by atoms with E-state index >= 15 is 0 Å². The number of hydrogen-bond acceptors (Lipinski definition) is 4. The molecule has 0 spiro atoms. The van der Waals surface area contributed by atoms with E-state index in [-0.39, 0.29) is 5.91 Å². The predicted octanol–water partition coefficient (Wildman–Crippen LogP) is 4.02. The molecule has 1 aromatic heterocycles. The highest BCUT2D eigenvalue weighted by atomic mass is 79.9. The van der Waals surface area contributed by atoms with Crippen molar-refractivity contribution in [2.45, 2.75) is 32.6 Å². The highest BCUT2D eigenvalue weighted by Crippen LogP contribution is 2.13. The van der Waals surface area contributed by atoms with E-state index in [1.807, 2.05) is 30.3 Å². The summed E-state index contributed by atoms with van der Waals surface area (Å²) in [4.78, 5) is 12.0. The van der Waals surface area contributed by atoms with Crippen LogP contribution in [0.2, 0.25) is 0 Å². The summed E-state index contributed by atoms with van der Waals surface area (Å²) >= 11 is 3.40. The summed E-state index contributed by atoms with van der Waals surface area (Å²) in [5.41, 5.74) is 0.944. The normalized spacial score (nSPS) is 10.3. The third-order valence-corrected chi connectivity index (χ3v) is 3.77. The van der Waals surface area contributed by atoms with Crippen LogP contribution >= 0.6 is 15.9 Å². The molecular weight excluding hydrogens is 356 g/mol. The summed E-state index contributed by atoms with van der Waals surface area (Å²) in [5.74, 6) is 1.08. The Morgan fingerprint density at radius 2 is 1.91 bits per heavy atom. The lowest BCUT2D eigenvalue weighted by molar-refractivity contribution is -0.115. The minimum absolute atomic E-state index is 0.110. The number of carbonyl (C=O) groups is 1. The molecule has 2 aromatic rings. The van der Waals surface area contributed by atoms with Crippen LogP contribution in [0.15, 0.2) is 40.9 Å². The second kappa shape index (κ2) is 9.25. The summed E-state index contributed by atoms with van der Waals surface area (Å²) in [6.07, 6.45) is 3.81.